The number of rotatable bonds is 2. The van der Waals surface area contributed by atoms with Crippen LogP contribution in [0, 0.1) is 5.92 Å². The molecule has 1 heterocycles. The van der Waals surface area contributed by atoms with Gasteiger partial charge in [-0.3, -0.25) is 4.90 Å². The van der Waals surface area contributed by atoms with E-state index < -0.39 is 9.84 Å². The first kappa shape index (κ1) is 11.0. The van der Waals surface area contributed by atoms with Gasteiger partial charge >= 0.3 is 0 Å². The van der Waals surface area contributed by atoms with E-state index in [9.17, 15) is 8.42 Å². The van der Waals surface area contributed by atoms with Crippen molar-refractivity contribution >= 4 is 9.84 Å². The lowest BCUT2D eigenvalue weighted by atomic mass is 10.1. The largest absolute Gasteiger partial charge is 0.298 e. The van der Waals surface area contributed by atoms with Crippen molar-refractivity contribution in [3.05, 3.63) is 0 Å². The fourth-order valence-corrected chi connectivity index (χ4v) is 2.78. The predicted octanol–water partition coefficient (Wildman–Crippen LogP) is 0.761. The van der Waals surface area contributed by atoms with E-state index in [2.05, 4.69) is 25.7 Å². The number of nitrogens with zero attached hydrogens (tertiary/aromatic N) is 1. The third kappa shape index (κ3) is 2.95. The predicted molar refractivity (Wildman–Crippen MR) is 54.5 cm³/mol. The van der Waals surface area contributed by atoms with Crippen LogP contribution in [0.3, 0.4) is 0 Å². The molecule has 1 aliphatic heterocycles. The van der Waals surface area contributed by atoms with Gasteiger partial charge in [-0.2, -0.15) is 0 Å². The van der Waals surface area contributed by atoms with Gasteiger partial charge in [-0.1, -0.05) is 13.8 Å². The molecule has 0 unspecified atom stereocenters. The molecule has 4 heteroatoms. The molecule has 0 saturated carbocycles. The third-order valence-corrected chi connectivity index (χ3v) is 4.53. The van der Waals surface area contributed by atoms with Gasteiger partial charge in [-0.15, -0.1) is 0 Å². The van der Waals surface area contributed by atoms with Gasteiger partial charge in [0.25, 0.3) is 0 Å². The summed E-state index contributed by atoms with van der Waals surface area (Å²) < 4.78 is 22.3. The molecular formula is C9H19NO2S. The van der Waals surface area contributed by atoms with Crippen molar-refractivity contribution in [2.24, 2.45) is 5.92 Å². The Balaban J connectivity index is 2.50. The minimum Gasteiger partial charge on any atom is -0.298 e. The third-order valence-electron chi connectivity index (χ3n) is 2.92. The van der Waals surface area contributed by atoms with Crippen LogP contribution in [0.1, 0.15) is 20.8 Å². The van der Waals surface area contributed by atoms with Gasteiger partial charge in [0.1, 0.15) is 0 Å². The summed E-state index contributed by atoms with van der Waals surface area (Å²) in [4.78, 5) is 2.27. The molecule has 13 heavy (non-hydrogen) atoms. The lowest BCUT2D eigenvalue weighted by molar-refractivity contribution is 0.182. The van der Waals surface area contributed by atoms with Crippen LogP contribution >= 0.6 is 0 Å². The van der Waals surface area contributed by atoms with Gasteiger partial charge in [-0.25, -0.2) is 8.42 Å². The number of hydrogen-bond donors (Lipinski definition) is 0. The molecule has 1 saturated heterocycles. The number of hydrogen-bond acceptors (Lipinski definition) is 3. The molecule has 0 bridgehead atoms. The van der Waals surface area contributed by atoms with Crippen LogP contribution in [0.4, 0.5) is 0 Å². The van der Waals surface area contributed by atoms with Gasteiger partial charge < -0.3 is 0 Å². The van der Waals surface area contributed by atoms with E-state index in [1.165, 1.54) is 0 Å². The Morgan fingerprint density at radius 2 is 1.54 bits per heavy atom. The Kier molecular flexibility index (Phi) is 3.35. The lowest BCUT2D eigenvalue weighted by Crippen LogP contribution is -2.46. The molecule has 0 amide bonds. The summed E-state index contributed by atoms with van der Waals surface area (Å²) in [5.74, 6) is 1.27. The van der Waals surface area contributed by atoms with E-state index >= 15 is 0 Å². The van der Waals surface area contributed by atoms with Crippen LogP contribution in [0.15, 0.2) is 0 Å². The van der Waals surface area contributed by atoms with E-state index in [0.29, 0.717) is 36.6 Å². The summed E-state index contributed by atoms with van der Waals surface area (Å²) in [6.45, 7) is 7.94. The SMILES string of the molecule is CC(C)[C@H](C)N1CCS(=O)(=O)CC1. The average molecular weight is 205 g/mol. The van der Waals surface area contributed by atoms with E-state index in [0.717, 1.165) is 0 Å². The molecule has 0 aromatic carbocycles. The van der Waals surface area contributed by atoms with Gasteiger partial charge in [0.2, 0.25) is 0 Å². The topological polar surface area (TPSA) is 37.4 Å². The zero-order chi connectivity index (χ0) is 10.1. The van der Waals surface area contributed by atoms with Crippen molar-refractivity contribution in [3.63, 3.8) is 0 Å². The molecule has 1 rings (SSSR count). The van der Waals surface area contributed by atoms with Crippen molar-refractivity contribution in [3.8, 4) is 0 Å². The van der Waals surface area contributed by atoms with E-state index in [-0.39, 0.29) is 0 Å². The molecule has 1 atom stereocenters. The summed E-state index contributed by atoms with van der Waals surface area (Å²) in [5.41, 5.74) is 0. The molecule has 0 spiro atoms. The zero-order valence-electron chi connectivity index (χ0n) is 8.66. The van der Waals surface area contributed by atoms with E-state index in [1.807, 2.05) is 0 Å². The molecule has 0 aromatic rings. The van der Waals surface area contributed by atoms with Crippen molar-refractivity contribution in [2.75, 3.05) is 24.6 Å². The van der Waals surface area contributed by atoms with Crippen LogP contribution in [-0.2, 0) is 9.84 Å². The zero-order valence-corrected chi connectivity index (χ0v) is 9.47. The molecule has 1 aliphatic rings. The average Bonchev–Trinajstić information content (AvgIpc) is 2.03. The Bertz CT molecular complexity index is 245. The highest BCUT2D eigenvalue weighted by molar-refractivity contribution is 7.91. The Labute approximate surface area is 81.0 Å². The molecule has 0 aliphatic carbocycles. The maximum absolute atomic E-state index is 11.2. The van der Waals surface area contributed by atoms with Crippen molar-refractivity contribution < 1.29 is 8.42 Å². The van der Waals surface area contributed by atoms with Crippen molar-refractivity contribution in [1.29, 1.82) is 0 Å². The van der Waals surface area contributed by atoms with Gasteiger partial charge in [0.05, 0.1) is 11.5 Å². The maximum atomic E-state index is 11.2. The Morgan fingerprint density at radius 1 is 1.08 bits per heavy atom. The Hall–Kier alpha value is -0.0900. The summed E-state index contributed by atoms with van der Waals surface area (Å²) >= 11 is 0. The highest BCUT2D eigenvalue weighted by Gasteiger charge is 2.25. The summed E-state index contributed by atoms with van der Waals surface area (Å²) in [6, 6.07) is 0.496. The molecule has 0 N–H and O–H groups in total. The van der Waals surface area contributed by atoms with Crippen molar-refractivity contribution in [1.82, 2.24) is 4.90 Å². The van der Waals surface area contributed by atoms with Crippen LogP contribution in [-0.4, -0.2) is 44.0 Å². The highest BCUT2D eigenvalue weighted by atomic mass is 32.2. The first-order valence-electron chi connectivity index (χ1n) is 4.87. The minimum atomic E-state index is -2.72. The maximum Gasteiger partial charge on any atom is 0.152 e. The fraction of sp³-hybridized carbons (Fsp3) is 1.00. The van der Waals surface area contributed by atoms with Crippen LogP contribution in [0.25, 0.3) is 0 Å². The van der Waals surface area contributed by atoms with Gasteiger partial charge in [-0.05, 0) is 12.8 Å². The summed E-state index contributed by atoms with van der Waals surface area (Å²) in [6.07, 6.45) is 0. The van der Waals surface area contributed by atoms with E-state index in [1.54, 1.807) is 0 Å². The summed E-state index contributed by atoms with van der Waals surface area (Å²) in [5, 5.41) is 0. The van der Waals surface area contributed by atoms with Gasteiger partial charge in [0.15, 0.2) is 9.84 Å². The second-order valence-corrected chi connectivity index (χ2v) is 6.48. The standard InChI is InChI=1S/C9H19NO2S/c1-8(2)9(3)10-4-6-13(11,12)7-5-10/h8-9H,4-7H2,1-3H3/t9-/m0/s1. The monoisotopic (exact) mass is 205 g/mol. The Morgan fingerprint density at radius 3 is 1.92 bits per heavy atom. The van der Waals surface area contributed by atoms with E-state index in [4.69, 9.17) is 0 Å². The van der Waals surface area contributed by atoms with Gasteiger partial charge in [0, 0.05) is 19.1 Å². The van der Waals surface area contributed by atoms with Crippen LogP contribution in [0.5, 0.6) is 0 Å². The van der Waals surface area contributed by atoms with Crippen molar-refractivity contribution in [2.45, 2.75) is 26.8 Å². The normalized spacial score (nSPS) is 26.2. The molecule has 0 radical (unpaired) electrons. The molecule has 78 valence electrons. The smallest absolute Gasteiger partial charge is 0.152 e. The van der Waals surface area contributed by atoms with Crippen LogP contribution < -0.4 is 0 Å². The first-order chi connectivity index (χ1) is 5.92. The molecular weight excluding hydrogens is 186 g/mol. The second-order valence-electron chi connectivity index (χ2n) is 4.17. The minimum absolute atomic E-state index is 0.337. The molecule has 3 nitrogen and oxygen atoms in total. The first-order valence-corrected chi connectivity index (χ1v) is 6.69. The quantitative estimate of drug-likeness (QED) is 0.668. The summed E-state index contributed by atoms with van der Waals surface area (Å²) in [7, 11) is -2.72. The number of sulfone groups is 1. The molecule has 0 aromatic heterocycles. The molecule has 1 fully saturated rings. The van der Waals surface area contributed by atoms with Crippen LogP contribution in [0.2, 0.25) is 0 Å². The second kappa shape index (κ2) is 3.96. The fourth-order valence-electron chi connectivity index (χ4n) is 1.56. The lowest BCUT2D eigenvalue weighted by Gasteiger charge is -2.34. The highest BCUT2D eigenvalue weighted by Crippen LogP contribution is 2.13.